The summed E-state index contributed by atoms with van der Waals surface area (Å²) >= 11 is 3.14. The topological polar surface area (TPSA) is 72.2 Å². The molecule has 5 nitrogen and oxygen atoms in total. The summed E-state index contributed by atoms with van der Waals surface area (Å²) < 4.78 is 13.0. The van der Waals surface area contributed by atoms with Crippen LogP contribution in [0.1, 0.15) is 13.3 Å². The van der Waals surface area contributed by atoms with E-state index in [0.29, 0.717) is 6.42 Å². The number of carbonyl (C=O) groups is 1. The Hall–Kier alpha value is -1.50. The average molecular weight is 305 g/mol. The molecule has 0 spiro atoms. The lowest BCUT2D eigenvalue weighted by atomic mass is 10.2. The van der Waals surface area contributed by atoms with Crippen LogP contribution in [0.5, 0.6) is 0 Å². The molecule has 0 aliphatic rings. The number of nitro benzene ring substituents is 1. The van der Waals surface area contributed by atoms with Gasteiger partial charge in [0.2, 0.25) is 11.7 Å². The van der Waals surface area contributed by atoms with E-state index in [9.17, 15) is 19.3 Å². The number of alkyl halides is 1. The summed E-state index contributed by atoms with van der Waals surface area (Å²) in [5.41, 5.74) is -0.466. The third kappa shape index (κ3) is 3.48. The van der Waals surface area contributed by atoms with Crippen molar-refractivity contribution in [3.05, 3.63) is 34.1 Å². The van der Waals surface area contributed by atoms with Crippen LogP contribution in [0.3, 0.4) is 0 Å². The van der Waals surface area contributed by atoms with Gasteiger partial charge in [0.25, 0.3) is 0 Å². The Morgan fingerprint density at radius 3 is 2.82 bits per heavy atom. The zero-order valence-electron chi connectivity index (χ0n) is 8.94. The van der Waals surface area contributed by atoms with E-state index in [1.54, 1.807) is 0 Å². The predicted octanol–water partition coefficient (Wildman–Crippen LogP) is 2.85. The molecule has 1 amide bonds. The number of hydrogen-bond acceptors (Lipinski definition) is 3. The Bertz CT molecular complexity index is 453. The summed E-state index contributed by atoms with van der Waals surface area (Å²) in [6.07, 6.45) is 0.578. The number of anilines is 1. The number of nitrogens with one attached hydrogen (secondary N) is 1. The molecule has 1 aromatic rings. The minimum absolute atomic E-state index is 0.195. The molecule has 1 aromatic carbocycles. The fourth-order valence-corrected chi connectivity index (χ4v) is 1.25. The van der Waals surface area contributed by atoms with Crippen molar-refractivity contribution in [1.82, 2.24) is 0 Å². The summed E-state index contributed by atoms with van der Waals surface area (Å²) in [7, 11) is 0. The molecule has 0 bridgehead atoms. The minimum atomic E-state index is -0.932. The van der Waals surface area contributed by atoms with Crippen molar-refractivity contribution in [3.63, 3.8) is 0 Å². The summed E-state index contributed by atoms with van der Waals surface area (Å²) in [6.45, 7) is 1.81. The van der Waals surface area contributed by atoms with Crippen molar-refractivity contribution in [3.8, 4) is 0 Å². The highest BCUT2D eigenvalue weighted by Crippen LogP contribution is 2.22. The van der Waals surface area contributed by atoms with Crippen LogP contribution >= 0.6 is 15.9 Å². The number of rotatable bonds is 4. The number of nitro groups is 1. The van der Waals surface area contributed by atoms with Gasteiger partial charge in [-0.3, -0.25) is 14.9 Å². The third-order valence-electron chi connectivity index (χ3n) is 2.05. The lowest BCUT2D eigenvalue weighted by Gasteiger charge is -2.08. The monoisotopic (exact) mass is 304 g/mol. The lowest BCUT2D eigenvalue weighted by Crippen LogP contribution is -2.22. The van der Waals surface area contributed by atoms with Gasteiger partial charge in [-0.25, -0.2) is 0 Å². The second-order valence-electron chi connectivity index (χ2n) is 3.29. The Labute approximate surface area is 105 Å². The lowest BCUT2D eigenvalue weighted by molar-refractivity contribution is -0.387. The van der Waals surface area contributed by atoms with Crippen LogP contribution in [0.4, 0.5) is 15.8 Å². The van der Waals surface area contributed by atoms with Crippen molar-refractivity contribution in [2.45, 2.75) is 18.2 Å². The van der Waals surface area contributed by atoms with E-state index in [1.165, 1.54) is 6.07 Å². The van der Waals surface area contributed by atoms with Gasteiger partial charge in [-0.15, -0.1) is 0 Å². The maximum Gasteiger partial charge on any atom is 0.306 e. The average Bonchev–Trinajstić information content (AvgIpc) is 2.30. The quantitative estimate of drug-likeness (QED) is 0.528. The highest BCUT2D eigenvalue weighted by Gasteiger charge is 2.17. The Kier molecular flexibility index (Phi) is 4.56. The number of benzene rings is 1. The molecule has 1 unspecified atom stereocenters. The van der Waals surface area contributed by atoms with Gasteiger partial charge in [-0.2, -0.15) is 4.39 Å². The number of halogens is 2. The molecule has 1 atom stereocenters. The second kappa shape index (κ2) is 5.72. The summed E-state index contributed by atoms with van der Waals surface area (Å²) in [4.78, 5) is 20.8. The molecule has 0 aliphatic carbocycles. The van der Waals surface area contributed by atoms with Gasteiger partial charge >= 0.3 is 5.69 Å². The number of carbonyl (C=O) groups excluding carboxylic acids is 1. The number of amides is 1. The van der Waals surface area contributed by atoms with Gasteiger partial charge < -0.3 is 5.32 Å². The van der Waals surface area contributed by atoms with Crippen LogP contribution in [0.15, 0.2) is 18.2 Å². The van der Waals surface area contributed by atoms with Gasteiger partial charge in [0, 0.05) is 11.8 Å². The molecule has 92 valence electrons. The van der Waals surface area contributed by atoms with Gasteiger partial charge in [0.05, 0.1) is 9.75 Å². The summed E-state index contributed by atoms with van der Waals surface area (Å²) in [5, 5.41) is 13.0. The normalized spacial score (nSPS) is 11.9. The molecule has 1 N–H and O–H groups in total. The maximum absolute atomic E-state index is 13.0. The molecule has 0 aromatic heterocycles. The van der Waals surface area contributed by atoms with Crippen LogP contribution in [0.2, 0.25) is 0 Å². The van der Waals surface area contributed by atoms with E-state index in [2.05, 4.69) is 21.2 Å². The highest BCUT2D eigenvalue weighted by molar-refractivity contribution is 9.10. The van der Waals surface area contributed by atoms with Crippen LogP contribution < -0.4 is 5.32 Å². The summed E-state index contributed by atoms with van der Waals surface area (Å²) in [6, 6.07) is 3.21. The molecular weight excluding hydrogens is 295 g/mol. The second-order valence-corrected chi connectivity index (χ2v) is 4.39. The zero-order chi connectivity index (χ0) is 13.0. The van der Waals surface area contributed by atoms with E-state index in [0.717, 1.165) is 12.1 Å². The SMILES string of the molecule is CCC(Br)C(=O)Nc1ccc(F)c([N+](=O)[O-])c1. The molecule has 0 radical (unpaired) electrons. The van der Waals surface area contributed by atoms with Gasteiger partial charge in [0.15, 0.2) is 0 Å². The van der Waals surface area contributed by atoms with Gasteiger partial charge in [-0.05, 0) is 18.6 Å². The van der Waals surface area contributed by atoms with Crippen LogP contribution in [0.25, 0.3) is 0 Å². The van der Waals surface area contributed by atoms with Gasteiger partial charge in [-0.1, -0.05) is 22.9 Å². The standard InChI is InChI=1S/C10H10BrFN2O3/c1-2-7(11)10(15)13-6-3-4-8(12)9(5-6)14(16)17/h3-5,7H,2H2,1H3,(H,13,15). The number of nitrogens with zero attached hydrogens (tertiary/aromatic N) is 1. The van der Waals surface area contributed by atoms with Crippen molar-refractivity contribution >= 4 is 33.2 Å². The van der Waals surface area contributed by atoms with Crippen molar-refractivity contribution in [2.24, 2.45) is 0 Å². The van der Waals surface area contributed by atoms with Crippen LogP contribution in [-0.4, -0.2) is 15.7 Å². The van der Waals surface area contributed by atoms with Crippen molar-refractivity contribution in [1.29, 1.82) is 0 Å². The first-order valence-corrected chi connectivity index (χ1v) is 5.76. The van der Waals surface area contributed by atoms with E-state index < -0.39 is 16.4 Å². The van der Waals surface area contributed by atoms with E-state index in [4.69, 9.17) is 0 Å². The first-order chi connectivity index (χ1) is 7.95. The first-order valence-electron chi connectivity index (χ1n) is 4.84. The highest BCUT2D eigenvalue weighted by atomic mass is 79.9. The largest absolute Gasteiger partial charge is 0.325 e. The van der Waals surface area contributed by atoms with Gasteiger partial charge in [0.1, 0.15) is 0 Å². The van der Waals surface area contributed by atoms with E-state index in [-0.39, 0.29) is 16.4 Å². The Balaban J connectivity index is 2.90. The fourth-order valence-electron chi connectivity index (χ4n) is 1.14. The minimum Gasteiger partial charge on any atom is -0.325 e. The molecule has 0 saturated carbocycles. The Morgan fingerprint density at radius 2 is 2.29 bits per heavy atom. The summed E-state index contributed by atoms with van der Waals surface area (Å²) in [5.74, 6) is -1.26. The van der Waals surface area contributed by atoms with Crippen LogP contribution in [0, 0.1) is 15.9 Å². The smallest absolute Gasteiger partial charge is 0.306 e. The maximum atomic E-state index is 13.0. The molecule has 0 saturated heterocycles. The number of hydrogen-bond donors (Lipinski definition) is 1. The predicted molar refractivity (Wildman–Crippen MR) is 64.7 cm³/mol. The molecule has 7 heteroatoms. The van der Waals surface area contributed by atoms with Crippen molar-refractivity contribution < 1.29 is 14.1 Å². The fraction of sp³-hybridized carbons (Fsp3) is 0.300. The molecule has 0 heterocycles. The molecule has 0 aliphatic heterocycles. The van der Waals surface area contributed by atoms with Crippen molar-refractivity contribution in [2.75, 3.05) is 5.32 Å². The molecule has 0 fully saturated rings. The molecule has 1 rings (SSSR count). The van der Waals surface area contributed by atoms with Crippen LogP contribution in [-0.2, 0) is 4.79 Å². The third-order valence-corrected chi connectivity index (χ3v) is 3.12. The van der Waals surface area contributed by atoms with E-state index >= 15 is 0 Å². The Morgan fingerprint density at radius 1 is 1.65 bits per heavy atom. The zero-order valence-corrected chi connectivity index (χ0v) is 10.5. The molecule has 17 heavy (non-hydrogen) atoms. The first kappa shape index (κ1) is 13.6. The van der Waals surface area contributed by atoms with E-state index in [1.807, 2.05) is 6.92 Å². The molecular formula is C10H10BrFN2O3.